The second kappa shape index (κ2) is 15.6. The standard InChI is InChI=1S/2C15H10O4.Zr/c2*16-13(11-7-3-1-4-8-11)15(18)19-14(17)12-9-5-2-6-10-12;/h2*1-10H;. The molecule has 4 aromatic rings. The summed E-state index contributed by atoms with van der Waals surface area (Å²) < 4.78 is 9.05. The van der Waals surface area contributed by atoms with E-state index in [1.807, 2.05) is 0 Å². The summed E-state index contributed by atoms with van der Waals surface area (Å²) in [6, 6.07) is 31.9. The van der Waals surface area contributed by atoms with Gasteiger partial charge < -0.3 is 9.47 Å². The smallest absolute Gasteiger partial charge is 0.383 e. The van der Waals surface area contributed by atoms with E-state index < -0.39 is 35.4 Å². The predicted molar refractivity (Wildman–Crippen MR) is 135 cm³/mol. The van der Waals surface area contributed by atoms with Crippen molar-refractivity contribution in [3.63, 3.8) is 0 Å². The molecule has 0 atom stereocenters. The number of ketones is 2. The van der Waals surface area contributed by atoms with Crippen LogP contribution in [0.5, 0.6) is 0 Å². The summed E-state index contributed by atoms with van der Waals surface area (Å²) in [7, 11) is 0. The minimum Gasteiger partial charge on any atom is -0.383 e. The van der Waals surface area contributed by atoms with E-state index in [2.05, 4.69) is 9.47 Å². The number of ether oxygens (including phenoxy) is 2. The van der Waals surface area contributed by atoms with Crippen LogP contribution < -0.4 is 0 Å². The number of carbonyl (C=O) groups excluding carboxylic acids is 6. The molecule has 8 nitrogen and oxygen atoms in total. The summed E-state index contributed by atoms with van der Waals surface area (Å²) in [5.41, 5.74) is 0.815. The van der Waals surface area contributed by atoms with Gasteiger partial charge in [0.05, 0.1) is 11.1 Å². The first-order chi connectivity index (χ1) is 18.4. The van der Waals surface area contributed by atoms with Crippen LogP contribution in [0.4, 0.5) is 0 Å². The fourth-order valence-electron chi connectivity index (χ4n) is 2.94. The molecule has 0 fully saturated rings. The molecule has 0 amide bonds. The van der Waals surface area contributed by atoms with Crippen molar-refractivity contribution in [2.45, 2.75) is 0 Å². The van der Waals surface area contributed by atoms with Crippen LogP contribution in [0.15, 0.2) is 121 Å². The predicted octanol–water partition coefficient (Wildman–Crippen LogP) is 4.50. The minimum atomic E-state index is -1.18. The van der Waals surface area contributed by atoms with Crippen LogP contribution in [0.25, 0.3) is 0 Å². The van der Waals surface area contributed by atoms with Crippen LogP contribution in [0.2, 0.25) is 0 Å². The fourth-order valence-corrected chi connectivity index (χ4v) is 2.94. The van der Waals surface area contributed by atoms with Gasteiger partial charge in [0.1, 0.15) is 0 Å². The third kappa shape index (κ3) is 9.32. The second-order valence-electron chi connectivity index (χ2n) is 7.48. The summed E-state index contributed by atoms with van der Waals surface area (Å²) in [6.45, 7) is 0. The molecule has 0 heterocycles. The van der Waals surface area contributed by atoms with Gasteiger partial charge in [-0.2, -0.15) is 0 Å². The Hall–Kier alpha value is -4.62. The zero-order chi connectivity index (χ0) is 27.3. The van der Waals surface area contributed by atoms with Gasteiger partial charge in [0.2, 0.25) is 0 Å². The molecule has 0 bridgehead atoms. The van der Waals surface area contributed by atoms with E-state index in [0.717, 1.165) is 0 Å². The molecule has 0 aromatic heterocycles. The third-order valence-corrected chi connectivity index (χ3v) is 4.83. The Labute approximate surface area is 242 Å². The SMILES string of the molecule is O=C(OC(=O)c1ccccc1)C(=O)c1ccccc1.O=C(OC(=O)c1ccccc1)C(=O)c1ccccc1.[Zr]. The van der Waals surface area contributed by atoms with Gasteiger partial charge >= 0.3 is 23.9 Å². The number of esters is 4. The first-order valence-corrected chi connectivity index (χ1v) is 11.2. The Bertz CT molecular complexity index is 1320. The summed E-state index contributed by atoms with van der Waals surface area (Å²) in [5, 5.41) is 0. The Morgan fingerprint density at radius 3 is 0.846 bits per heavy atom. The van der Waals surface area contributed by atoms with Gasteiger partial charge in [-0.15, -0.1) is 0 Å². The molecule has 0 aliphatic rings. The Morgan fingerprint density at radius 1 is 0.359 bits per heavy atom. The molecule has 4 rings (SSSR count). The Morgan fingerprint density at radius 2 is 0.590 bits per heavy atom. The molecule has 0 radical (unpaired) electrons. The molecule has 9 heteroatoms. The molecule has 4 aromatic carbocycles. The molecule has 0 spiro atoms. The normalized spacial score (nSPS) is 9.44. The van der Waals surface area contributed by atoms with Gasteiger partial charge in [-0.25, -0.2) is 19.2 Å². The van der Waals surface area contributed by atoms with E-state index in [0.29, 0.717) is 0 Å². The molecule has 0 aliphatic carbocycles. The van der Waals surface area contributed by atoms with E-state index in [9.17, 15) is 28.8 Å². The van der Waals surface area contributed by atoms with Crippen LogP contribution >= 0.6 is 0 Å². The maximum atomic E-state index is 11.7. The van der Waals surface area contributed by atoms with Crippen molar-refractivity contribution in [3.8, 4) is 0 Å². The Kier molecular flexibility index (Phi) is 12.2. The average Bonchev–Trinajstić information content (AvgIpc) is 2.98. The van der Waals surface area contributed by atoms with Crippen molar-refractivity contribution in [1.29, 1.82) is 0 Å². The van der Waals surface area contributed by atoms with Crippen LogP contribution in [-0.2, 0) is 45.3 Å². The largest absolute Gasteiger partial charge is 0.387 e. The van der Waals surface area contributed by atoms with Crippen LogP contribution in [0.3, 0.4) is 0 Å². The second-order valence-corrected chi connectivity index (χ2v) is 7.48. The number of rotatable bonds is 6. The zero-order valence-electron chi connectivity index (χ0n) is 20.3. The van der Waals surface area contributed by atoms with E-state index in [4.69, 9.17) is 0 Å². The van der Waals surface area contributed by atoms with Gasteiger partial charge in [-0.1, -0.05) is 97.1 Å². The third-order valence-electron chi connectivity index (χ3n) is 4.83. The van der Waals surface area contributed by atoms with Crippen LogP contribution in [-0.4, -0.2) is 35.4 Å². The van der Waals surface area contributed by atoms with E-state index in [1.165, 1.54) is 48.5 Å². The number of hydrogen-bond donors (Lipinski definition) is 0. The Balaban J connectivity index is 0.000000267. The molecular weight excluding hydrogens is 580 g/mol. The quantitative estimate of drug-likeness (QED) is 0.137. The van der Waals surface area contributed by atoms with Gasteiger partial charge in [-0.05, 0) is 24.3 Å². The van der Waals surface area contributed by atoms with Gasteiger partial charge in [0.25, 0.3) is 11.6 Å². The molecule has 0 unspecified atom stereocenters. The number of benzene rings is 4. The minimum absolute atomic E-state index is 0. The van der Waals surface area contributed by atoms with Crippen molar-refractivity contribution in [2.24, 2.45) is 0 Å². The topological polar surface area (TPSA) is 121 Å². The van der Waals surface area contributed by atoms with E-state index in [-0.39, 0.29) is 48.5 Å². The zero-order valence-corrected chi connectivity index (χ0v) is 22.8. The van der Waals surface area contributed by atoms with Crippen LogP contribution in [0, 0.1) is 0 Å². The molecule has 0 N–H and O–H groups in total. The molecule has 0 aliphatic heterocycles. The summed E-state index contributed by atoms with van der Waals surface area (Å²) in [4.78, 5) is 69.6. The van der Waals surface area contributed by atoms with Gasteiger partial charge in [-0.3, -0.25) is 9.59 Å². The average molecular weight is 600 g/mol. The molecule has 0 saturated heterocycles. The van der Waals surface area contributed by atoms with E-state index in [1.54, 1.807) is 72.8 Å². The van der Waals surface area contributed by atoms with Crippen molar-refractivity contribution >= 4 is 35.4 Å². The van der Waals surface area contributed by atoms with Crippen LogP contribution in [0.1, 0.15) is 41.4 Å². The molecule has 39 heavy (non-hydrogen) atoms. The van der Waals surface area contributed by atoms with Crippen molar-refractivity contribution in [3.05, 3.63) is 144 Å². The van der Waals surface area contributed by atoms with E-state index >= 15 is 0 Å². The van der Waals surface area contributed by atoms with Crippen molar-refractivity contribution in [1.82, 2.24) is 0 Å². The number of hydrogen-bond acceptors (Lipinski definition) is 8. The summed E-state index contributed by atoms with van der Waals surface area (Å²) in [6.07, 6.45) is 0. The summed E-state index contributed by atoms with van der Waals surface area (Å²) in [5.74, 6) is -5.72. The van der Waals surface area contributed by atoms with Gasteiger partial charge in [0, 0.05) is 37.3 Å². The molecule has 0 saturated carbocycles. The van der Waals surface area contributed by atoms with Gasteiger partial charge in [0.15, 0.2) is 0 Å². The number of Topliss-reactive ketones (excluding diaryl/α,β-unsaturated/α-hetero) is 2. The van der Waals surface area contributed by atoms with Crippen molar-refractivity contribution in [2.75, 3.05) is 0 Å². The monoisotopic (exact) mass is 598 g/mol. The molecule has 192 valence electrons. The first-order valence-electron chi connectivity index (χ1n) is 11.2. The summed E-state index contributed by atoms with van der Waals surface area (Å²) >= 11 is 0. The first kappa shape index (κ1) is 30.6. The fraction of sp³-hybridized carbons (Fsp3) is 0. The maximum absolute atomic E-state index is 11.7. The maximum Gasteiger partial charge on any atom is 0.387 e. The van der Waals surface area contributed by atoms with Crippen molar-refractivity contribution < 1.29 is 64.4 Å². The number of carbonyl (C=O) groups is 6. The molecular formula is C30H20O8Zr.